The van der Waals surface area contributed by atoms with Crippen molar-refractivity contribution in [2.75, 3.05) is 31.1 Å². The van der Waals surface area contributed by atoms with Gasteiger partial charge in [-0.15, -0.1) is 0 Å². The van der Waals surface area contributed by atoms with E-state index in [0.29, 0.717) is 0 Å². The van der Waals surface area contributed by atoms with Gasteiger partial charge >= 0.3 is 0 Å². The Bertz CT molecular complexity index is 1060. The van der Waals surface area contributed by atoms with Crippen molar-refractivity contribution >= 4 is 17.5 Å². The molecule has 3 aliphatic rings. The van der Waals surface area contributed by atoms with Crippen LogP contribution in [0.25, 0.3) is 6.08 Å². The molecule has 0 aromatic heterocycles. The third-order valence-electron chi connectivity index (χ3n) is 7.54. The summed E-state index contributed by atoms with van der Waals surface area (Å²) >= 11 is 0. The molecule has 5 heteroatoms. The van der Waals surface area contributed by atoms with Gasteiger partial charge in [0.25, 0.3) is 0 Å². The van der Waals surface area contributed by atoms with E-state index in [1.54, 1.807) is 14.2 Å². The normalized spacial score (nSPS) is 24.3. The number of para-hydroxylation sites is 2. The average molecular weight is 406 g/mol. The molecule has 1 saturated carbocycles. The quantitative estimate of drug-likeness (QED) is 0.803. The molecule has 2 aromatic rings. The first kappa shape index (κ1) is 19.3. The van der Waals surface area contributed by atoms with Crippen LogP contribution in [0.4, 0.5) is 11.4 Å². The molecule has 2 unspecified atom stereocenters. The molecule has 30 heavy (non-hydrogen) atoms. The summed E-state index contributed by atoms with van der Waals surface area (Å²) in [6, 6.07) is 8.93. The fourth-order valence-corrected chi connectivity index (χ4v) is 5.94. The molecule has 1 fully saturated rings. The zero-order valence-corrected chi connectivity index (χ0v) is 18.6. The molecule has 1 aliphatic carbocycles. The van der Waals surface area contributed by atoms with Crippen molar-refractivity contribution in [3.8, 4) is 11.5 Å². The summed E-state index contributed by atoms with van der Waals surface area (Å²) in [5.41, 5.74) is 15.0. The van der Waals surface area contributed by atoms with Gasteiger partial charge in [0.1, 0.15) is 11.5 Å². The summed E-state index contributed by atoms with van der Waals surface area (Å²) in [6.07, 6.45) is 5.50. The monoisotopic (exact) mass is 405 g/mol. The summed E-state index contributed by atoms with van der Waals surface area (Å²) in [6.45, 7) is 4.94. The summed E-state index contributed by atoms with van der Waals surface area (Å²) < 4.78 is 11.8. The zero-order chi connectivity index (χ0) is 21.2. The molecule has 0 saturated heterocycles. The minimum absolute atomic E-state index is 0.274. The molecule has 2 atom stereocenters. The van der Waals surface area contributed by atoms with Crippen LogP contribution in [0.3, 0.4) is 0 Å². The lowest BCUT2D eigenvalue weighted by Gasteiger charge is -2.42. The minimum Gasteiger partial charge on any atom is -0.496 e. The molecule has 2 aromatic carbocycles. The largest absolute Gasteiger partial charge is 0.496 e. The highest BCUT2D eigenvalue weighted by Gasteiger charge is 2.50. The average Bonchev–Trinajstić information content (AvgIpc) is 3.13. The Morgan fingerprint density at radius 3 is 2.40 bits per heavy atom. The fraction of sp³-hybridized carbons (Fsp3) is 0.440. The maximum Gasteiger partial charge on any atom is 0.129 e. The van der Waals surface area contributed by atoms with Gasteiger partial charge in [0.05, 0.1) is 43.7 Å². The molecular weight excluding hydrogens is 374 g/mol. The zero-order valence-electron chi connectivity index (χ0n) is 18.6. The topological polar surface area (TPSA) is 51.0 Å². The Balaban J connectivity index is 1.83. The van der Waals surface area contributed by atoms with Crippen molar-refractivity contribution < 1.29 is 9.47 Å². The van der Waals surface area contributed by atoms with Gasteiger partial charge in [0.15, 0.2) is 0 Å². The van der Waals surface area contributed by atoms with E-state index in [1.807, 2.05) is 0 Å². The van der Waals surface area contributed by atoms with Crippen LogP contribution in [0, 0.1) is 13.8 Å². The number of nitrogens with two attached hydrogens (primary N) is 1. The van der Waals surface area contributed by atoms with Crippen LogP contribution in [-0.2, 0) is 6.54 Å². The number of hydrogen-bond acceptors (Lipinski definition) is 5. The first-order valence-electron chi connectivity index (χ1n) is 10.8. The van der Waals surface area contributed by atoms with Crippen LogP contribution in [-0.4, -0.2) is 32.8 Å². The Morgan fingerprint density at radius 2 is 1.70 bits per heavy atom. The standard InChI is InChI=1S/C25H31N3O2/c1-15-16(2)24(30-5)18-14-28-20-10-7-6-9-19(20)27(3)21-11-8-12-25(21,26)22(28)13-17(18)23(15)29-4/h6-7,9-10,13,21H,8,11-12,14,26H2,1-5H3. The highest BCUT2D eigenvalue weighted by Crippen LogP contribution is 2.52. The predicted octanol–water partition coefficient (Wildman–Crippen LogP) is 4.38. The van der Waals surface area contributed by atoms with Gasteiger partial charge in [-0.3, -0.25) is 0 Å². The van der Waals surface area contributed by atoms with Crippen molar-refractivity contribution in [1.29, 1.82) is 0 Å². The molecule has 0 bridgehead atoms. The summed E-state index contributed by atoms with van der Waals surface area (Å²) in [5.74, 6) is 1.88. The lowest BCUT2D eigenvalue weighted by Crippen LogP contribution is -2.57. The van der Waals surface area contributed by atoms with E-state index in [1.165, 1.54) is 22.6 Å². The van der Waals surface area contributed by atoms with E-state index in [-0.39, 0.29) is 6.04 Å². The van der Waals surface area contributed by atoms with Crippen molar-refractivity contribution in [2.24, 2.45) is 5.73 Å². The van der Waals surface area contributed by atoms with Crippen LogP contribution in [0.1, 0.15) is 41.5 Å². The third-order valence-corrected chi connectivity index (χ3v) is 7.54. The molecule has 0 amide bonds. The van der Waals surface area contributed by atoms with E-state index < -0.39 is 5.54 Å². The Hall–Kier alpha value is -2.66. The van der Waals surface area contributed by atoms with Crippen molar-refractivity contribution in [3.63, 3.8) is 0 Å². The molecule has 0 spiro atoms. The molecule has 158 valence electrons. The maximum absolute atomic E-state index is 7.25. The maximum atomic E-state index is 7.25. The van der Waals surface area contributed by atoms with Crippen molar-refractivity contribution in [2.45, 2.75) is 51.2 Å². The van der Waals surface area contributed by atoms with Crippen LogP contribution in [0.5, 0.6) is 11.5 Å². The van der Waals surface area contributed by atoms with Gasteiger partial charge < -0.3 is 25.0 Å². The summed E-state index contributed by atoms with van der Waals surface area (Å²) in [4.78, 5) is 4.81. The predicted molar refractivity (Wildman–Crippen MR) is 123 cm³/mol. The van der Waals surface area contributed by atoms with Gasteiger partial charge in [-0.2, -0.15) is 0 Å². The first-order valence-corrected chi connectivity index (χ1v) is 10.8. The minimum atomic E-state index is -0.400. The molecule has 5 rings (SSSR count). The van der Waals surface area contributed by atoms with E-state index >= 15 is 0 Å². The second-order valence-electron chi connectivity index (χ2n) is 8.87. The lowest BCUT2D eigenvalue weighted by atomic mass is 9.84. The van der Waals surface area contributed by atoms with Crippen LogP contribution in [0.15, 0.2) is 30.0 Å². The SMILES string of the molecule is COc1c(C)c(C)c(OC)c2c1C=C1N(C2)c2ccccc2N(C)C2CCCC12N. The van der Waals surface area contributed by atoms with Gasteiger partial charge in [-0.05, 0) is 62.4 Å². The number of rotatable bonds is 2. The molecular formula is C25H31N3O2. The van der Waals surface area contributed by atoms with Crippen molar-refractivity contribution in [3.05, 3.63) is 52.2 Å². The molecule has 2 heterocycles. The Labute approximate surface area is 179 Å². The highest BCUT2D eigenvalue weighted by molar-refractivity contribution is 5.84. The van der Waals surface area contributed by atoms with Gasteiger partial charge in [0.2, 0.25) is 0 Å². The molecule has 0 radical (unpaired) electrons. The van der Waals surface area contributed by atoms with Crippen LogP contribution >= 0.6 is 0 Å². The summed E-state index contributed by atoms with van der Waals surface area (Å²) in [7, 11) is 5.71. The number of likely N-dealkylation sites (N-methyl/N-ethyl adjacent to an activating group) is 1. The number of benzene rings is 2. The third kappa shape index (κ3) is 2.38. The smallest absolute Gasteiger partial charge is 0.129 e. The lowest BCUT2D eigenvalue weighted by molar-refractivity contribution is 0.389. The van der Waals surface area contributed by atoms with Gasteiger partial charge in [-0.1, -0.05) is 12.1 Å². The number of anilines is 2. The van der Waals surface area contributed by atoms with Gasteiger partial charge in [0, 0.05) is 23.9 Å². The fourth-order valence-electron chi connectivity index (χ4n) is 5.94. The Morgan fingerprint density at radius 1 is 1.03 bits per heavy atom. The second kappa shape index (κ2) is 6.67. The number of hydrogen-bond donors (Lipinski definition) is 1. The number of ether oxygens (including phenoxy) is 2. The van der Waals surface area contributed by atoms with Crippen LogP contribution in [0.2, 0.25) is 0 Å². The Kier molecular flexibility index (Phi) is 4.30. The van der Waals surface area contributed by atoms with E-state index in [0.717, 1.165) is 54.0 Å². The molecule has 5 nitrogen and oxygen atoms in total. The number of fused-ring (bicyclic) bond motifs is 6. The van der Waals surface area contributed by atoms with E-state index in [4.69, 9.17) is 15.2 Å². The van der Waals surface area contributed by atoms with Crippen molar-refractivity contribution in [1.82, 2.24) is 0 Å². The highest BCUT2D eigenvalue weighted by atomic mass is 16.5. The van der Waals surface area contributed by atoms with Gasteiger partial charge in [-0.25, -0.2) is 0 Å². The summed E-state index contributed by atoms with van der Waals surface area (Å²) in [5, 5.41) is 0. The number of nitrogens with zero attached hydrogens (tertiary/aromatic N) is 2. The van der Waals surface area contributed by atoms with E-state index in [9.17, 15) is 0 Å². The second-order valence-corrected chi connectivity index (χ2v) is 8.87. The first-order chi connectivity index (χ1) is 14.4. The van der Waals surface area contributed by atoms with Crippen LogP contribution < -0.4 is 25.0 Å². The molecule has 2 N–H and O–H groups in total. The number of methoxy groups -OCH3 is 2. The molecule has 2 aliphatic heterocycles. The van der Waals surface area contributed by atoms with E-state index in [2.05, 4.69) is 61.0 Å².